The topological polar surface area (TPSA) is 60.9 Å². The summed E-state index contributed by atoms with van der Waals surface area (Å²) in [5, 5.41) is 0. The number of pyridine rings is 1. The summed E-state index contributed by atoms with van der Waals surface area (Å²) < 4.78 is 16.8. The predicted molar refractivity (Wildman–Crippen MR) is 78.6 cm³/mol. The standard InChI is InChI=1S/C16H20N2O4/c1-16(2)21-13-9-7-11(14(13)22-16)18(8-9)12-6-4-5-10(17-12)15(19)20-3/h4-6,9,11,13-14H,7-8H2,1-3H3/t9-,11-,13-,14+/m0/s1. The molecule has 0 spiro atoms. The number of carbonyl (C=O) groups excluding carboxylic acids is 1. The summed E-state index contributed by atoms with van der Waals surface area (Å²) in [4.78, 5) is 18.3. The molecule has 1 aromatic rings. The Labute approximate surface area is 129 Å². The molecule has 0 radical (unpaired) electrons. The quantitative estimate of drug-likeness (QED) is 0.773. The van der Waals surface area contributed by atoms with Gasteiger partial charge in [-0.2, -0.15) is 0 Å². The number of ether oxygens (including phenoxy) is 3. The fourth-order valence-corrected chi connectivity index (χ4v) is 3.99. The van der Waals surface area contributed by atoms with Gasteiger partial charge in [-0.05, 0) is 32.4 Å². The van der Waals surface area contributed by atoms with Gasteiger partial charge in [0.25, 0.3) is 0 Å². The minimum atomic E-state index is -0.510. The molecule has 0 N–H and O–H groups in total. The van der Waals surface area contributed by atoms with Crippen LogP contribution in [-0.2, 0) is 14.2 Å². The van der Waals surface area contributed by atoms with E-state index in [1.807, 2.05) is 26.0 Å². The number of methoxy groups -OCH3 is 1. The van der Waals surface area contributed by atoms with Gasteiger partial charge in [-0.25, -0.2) is 9.78 Å². The van der Waals surface area contributed by atoms with Gasteiger partial charge in [0.15, 0.2) is 11.5 Å². The molecule has 2 aliphatic heterocycles. The first-order valence-electron chi connectivity index (χ1n) is 7.66. The van der Waals surface area contributed by atoms with E-state index in [0.29, 0.717) is 11.6 Å². The van der Waals surface area contributed by atoms with Gasteiger partial charge in [-0.15, -0.1) is 0 Å². The van der Waals surface area contributed by atoms with Gasteiger partial charge in [0.05, 0.1) is 19.3 Å². The first-order valence-corrected chi connectivity index (χ1v) is 7.66. The second-order valence-corrected chi connectivity index (χ2v) is 6.65. The summed E-state index contributed by atoms with van der Waals surface area (Å²) >= 11 is 0. The molecule has 4 atom stereocenters. The summed E-state index contributed by atoms with van der Waals surface area (Å²) in [6.45, 7) is 4.82. The molecule has 1 aliphatic carbocycles. The maximum Gasteiger partial charge on any atom is 0.356 e. The van der Waals surface area contributed by atoms with Crippen molar-refractivity contribution in [2.75, 3.05) is 18.6 Å². The Morgan fingerprint density at radius 3 is 2.91 bits per heavy atom. The molecule has 6 nitrogen and oxygen atoms in total. The van der Waals surface area contributed by atoms with E-state index in [9.17, 15) is 4.79 Å². The average molecular weight is 304 g/mol. The zero-order valence-corrected chi connectivity index (χ0v) is 13.0. The number of piperidine rings is 1. The molecule has 0 amide bonds. The molecule has 4 rings (SSSR count). The Kier molecular flexibility index (Phi) is 2.96. The molecule has 22 heavy (non-hydrogen) atoms. The van der Waals surface area contributed by atoms with Crippen molar-refractivity contribution < 1.29 is 19.0 Å². The molecule has 0 aromatic carbocycles. The third-order valence-electron chi connectivity index (χ3n) is 4.81. The lowest BCUT2D eigenvalue weighted by Gasteiger charge is -2.33. The first kappa shape index (κ1) is 14.0. The van der Waals surface area contributed by atoms with E-state index in [2.05, 4.69) is 9.88 Å². The number of rotatable bonds is 2. The van der Waals surface area contributed by atoms with Crippen LogP contribution in [0.2, 0.25) is 0 Å². The number of esters is 1. The van der Waals surface area contributed by atoms with Crippen LogP contribution in [0.4, 0.5) is 5.82 Å². The van der Waals surface area contributed by atoms with Crippen LogP contribution in [0.5, 0.6) is 0 Å². The van der Waals surface area contributed by atoms with Crippen molar-refractivity contribution in [3.8, 4) is 0 Å². The summed E-state index contributed by atoms with van der Waals surface area (Å²) in [6.07, 6.45) is 1.31. The molecular weight excluding hydrogens is 284 g/mol. The summed E-state index contributed by atoms with van der Waals surface area (Å²) in [6, 6.07) is 5.71. The minimum absolute atomic E-state index is 0.0809. The molecule has 2 bridgehead atoms. The van der Waals surface area contributed by atoms with Gasteiger partial charge < -0.3 is 19.1 Å². The molecular formula is C16H20N2O4. The van der Waals surface area contributed by atoms with Crippen molar-refractivity contribution in [2.24, 2.45) is 5.92 Å². The van der Waals surface area contributed by atoms with Crippen LogP contribution >= 0.6 is 0 Å². The van der Waals surface area contributed by atoms with E-state index < -0.39 is 11.8 Å². The zero-order valence-electron chi connectivity index (χ0n) is 13.0. The van der Waals surface area contributed by atoms with Crippen molar-refractivity contribution in [3.63, 3.8) is 0 Å². The van der Waals surface area contributed by atoms with E-state index in [-0.39, 0.29) is 18.2 Å². The number of anilines is 1. The highest BCUT2D eigenvalue weighted by Crippen LogP contribution is 2.48. The monoisotopic (exact) mass is 304 g/mol. The van der Waals surface area contributed by atoms with Gasteiger partial charge in [-0.3, -0.25) is 0 Å². The highest BCUT2D eigenvalue weighted by atomic mass is 16.8. The van der Waals surface area contributed by atoms with Gasteiger partial charge in [-0.1, -0.05) is 6.07 Å². The molecule has 118 valence electrons. The van der Waals surface area contributed by atoms with Gasteiger partial charge in [0.2, 0.25) is 0 Å². The number of nitrogens with zero attached hydrogens (tertiary/aromatic N) is 2. The number of fused-ring (bicyclic) bond motifs is 5. The number of hydrogen-bond donors (Lipinski definition) is 0. The summed E-state index contributed by atoms with van der Waals surface area (Å²) in [7, 11) is 1.37. The largest absolute Gasteiger partial charge is 0.464 e. The lowest BCUT2D eigenvalue weighted by atomic mass is 10.0. The maximum atomic E-state index is 11.7. The van der Waals surface area contributed by atoms with Crippen molar-refractivity contribution in [1.82, 2.24) is 4.98 Å². The molecule has 0 unspecified atom stereocenters. The van der Waals surface area contributed by atoms with Crippen LogP contribution in [-0.4, -0.2) is 48.6 Å². The molecule has 3 fully saturated rings. The third kappa shape index (κ3) is 2.01. The molecule has 3 heterocycles. The second-order valence-electron chi connectivity index (χ2n) is 6.65. The van der Waals surface area contributed by atoms with Gasteiger partial charge >= 0.3 is 5.97 Å². The van der Waals surface area contributed by atoms with Crippen LogP contribution in [0, 0.1) is 5.92 Å². The Bertz CT molecular complexity index is 618. The predicted octanol–water partition coefficient (Wildman–Crippen LogP) is 1.60. The highest BCUT2D eigenvalue weighted by Gasteiger charge is 2.59. The molecule has 1 saturated carbocycles. The molecule has 6 heteroatoms. The molecule has 1 aromatic heterocycles. The molecule has 2 saturated heterocycles. The van der Waals surface area contributed by atoms with E-state index in [1.54, 1.807) is 6.07 Å². The van der Waals surface area contributed by atoms with Gasteiger partial charge in [0.1, 0.15) is 11.9 Å². The first-order chi connectivity index (χ1) is 10.5. The highest BCUT2D eigenvalue weighted by molar-refractivity contribution is 5.87. The van der Waals surface area contributed by atoms with E-state index >= 15 is 0 Å². The van der Waals surface area contributed by atoms with Crippen molar-refractivity contribution in [3.05, 3.63) is 23.9 Å². The van der Waals surface area contributed by atoms with Crippen LogP contribution in [0.3, 0.4) is 0 Å². The number of hydrogen-bond acceptors (Lipinski definition) is 6. The Morgan fingerprint density at radius 1 is 1.36 bits per heavy atom. The van der Waals surface area contributed by atoms with Gasteiger partial charge in [0, 0.05) is 12.5 Å². The number of carbonyl (C=O) groups is 1. The lowest BCUT2D eigenvalue weighted by Crippen LogP contribution is -2.47. The normalized spacial score (nSPS) is 34.8. The molecule has 3 aliphatic rings. The van der Waals surface area contributed by atoms with Crippen LogP contribution in [0.25, 0.3) is 0 Å². The zero-order chi connectivity index (χ0) is 15.5. The van der Waals surface area contributed by atoms with Crippen LogP contribution < -0.4 is 4.90 Å². The Morgan fingerprint density at radius 2 is 2.14 bits per heavy atom. The smallest absolute Gasteiger partial charge is 0.356 e. The fourth-order valence-electron chi connectivity index (χ4n) is 3.99. The maximum absolute atomic E-state index is 11.7. The second kappa shape index (κ2) is 4.67. The average Bonchev–Trinajstić information content (AvgIpc) is 3.14. The third-order valence-corrected chi connectivity index (χ3v) is 4.81. The van der Waals surface area contributed by atoms with Crippen molar-refractivity contribution in [1.29, 1.82) is 0 Å². The fraction of sp³-hybridized carbons (Fsp3) is 0.625. The van der Waals surface area contributed by atoms with E-state index in [0.717, 1.165) is 18.8 Å². The van der Waals surface area contributed by atoms with Crippen LogP contribution in [0.15, 0.2) is 18.2 Å². The Hall–Kier alpha value is -1.66. The SMILES string of the molecule is COC(=O)c1cccc(N2C[C@@H]3C[C@H]2[C@H]2OC(C)(C)O[C@@H]32)n1. The minimum Gasteiger partial charge on any atom is -0.464 e. The summed E-state index contributed by atoms with van der Waals surface area (Å²) in [5.41, 5.74) is 0.336. The Balaban J connectivity index is 1.60. The van der Waals surface area contributed by atoms with Crippen LogP contribution in [0.1, 0.15) is 30.8 Å². The van der Waals surface area contributed by atoms with E-state index in [4.69, 9.17) is 14.2 Å². The number of aromatic nitrogens is 1. The summed E-state index contributed by atoms with van der Waals surface area (Å²) in [5.74, 6) is 0.344. The van der Waals surface area contributed by atoms with Crippen molar-refractivity contribution >= 4 is 11.8 Å². The van der Waals surface area contributed by atoms with Crippen molar-refractivity contribution in [2.45, 2.75) is 44.3 Å². The van der Waals surface area contributed by atoms with E-state index in [1.165, 1.54) is 7.11 Å². The lowest BCUT2D eigenvalue weighted by molar-refractivity contribution is -0.154.